The topological polar surface area (TPSA) is 110 Å². The van der Waals surface area contributed by atoms with E-state index in [4.69, 9.17) is 0 Å². The van der Waals surface area contributed by atoms with Gasteiger partial charge in [-0.2, -0.15) is 4.31 Å². The van der Waals surface area contributed by atoms with Crippen molar-refractivity contribution >= 4 is 33.4 Å². The van der Waals surface area contributed by atoms with E-state index in [0.29, 0.717) is 30.0 Å². The van der Waals surface area contributed by atoms with Crippen molar-refractivity contribution in [2.24, 2.45) is 0 Å². The maximum absolute atomic E-state index is 12.8. The van der Waals surface area contributed by atoms with E-state index in [2.05, 4.69) is 25.1 Å². The van der Waals surface area contributed by atoms with Crippen LogP contribution in [-0.4, -0.2) is 57.2 Å². The van der Waals surface area contributed by atoms with E-state index in [0.717, 1.165) is 43.5 Å². The zero-order valence-electron chi connectivity index (χ0n) is 18.6. The predicted octanol–water partition coefficient (Wildman–Crippen LogP) is 3.58. The summed E-state index contributed by atoms with van der Waals surface area (Å²) in [7, 11) is -3.49. The summed E-state index contributed by atoms with van der Waals surface area (Å²) in [5.41, 5.74) is 1.51. The summed E-state index contributed by atoms with van der Waals surface area (Å²) in [4.78, 5) is 16.9. The Balaban J connectivity index is 1.21. The molecular weight excluding hydrogens is 472 g/mol. The highest BCUT2D eigenvalue weighted by Crippen LogP contribution is 2.41. The van der Waals surface area contributed by atoms with Gasteiger partial charge in [-0.25, -0.2) is 8.42 Å². The number of hydrogen-bond donors (Lipinski definition) is 1. The fourth-order valence-electron chi connectivity index (χ4n) is 4.03. The molecule has 1 N–H and O–H groups in total. The van der Waals surface area contributed by atoms with Crippen molar-refractivity contribution in [3.05, 3.63) is 48.8 Å². The number of thioether (sulfide) groups is 1. The molecule has 0 atom stereocenters. The number of benzene rings is 1. The third kappa shape index (κ3) is 5.01. The Hall–Kier alpha value is -2.76. The lowest BCUT2D eigenvalue weighted by Gasteiger charge is -2.25. The number of hydrogen-bond acceptors (Lipinski definition) is 7. The number of sulfonamides is 1. The van der Waals surface area contributed by atoms with Crippen LogP contribution < -0.4 is 5.32 Å². The van der Waals surface area contributed by atoms with Gasteiger partial charge in [0.25, 0.3) is 0 Å². The van der Waals surface area contributed by atoms with Crippen molar-refractivity contribution in [3.8, 4) is 11.4 Å². The molecule has 1 saturated heterocycles. The molecule has 178 valence electrons. The molecule has 1 aliphatic heterocycles. The van der Waals surface area contributed by atoms with E-state index in [-0.39, 0.29) is 16.6 Å². The minimum atomic E-state index is -3.49. The van der Waals surface area contributed by atoms with Gasteiger partial charge in [-0.15, -0.1) is 10.2 Å². The Morgan fingerprint density at radius 3 is 2.38 bits per heavy atom. The number of anilines is 1. The minimum absolute atomic E-state index is 0.176. The molecule has 3 heterocycles. The summed E-state index contributed by atoms with van der Waals surface area (Å²) in [5.74, 6) is 0.778. The van der Waals surface area contributed by atoms with Gasteiger partial charge < -0.3 is 5.32 Å². The first-order chi connectivity index (χ1) is 16.5. The first kappa shape index (κ1) is 23.0. The molecule has 0 radical (unpaired) electrons. The zero-order chi connectivity index (χ0) is 23.5. The second kappa shape index (κ2) is 9.85. The molecule has 1 aromatic carbocycles. The highest BCUT2D eigenvalue weighted by atomic mass is 32.2. The lowest BCUT2D eigenvalue weighted by atomic mass is 10.2. The Kier molecular flexibility index (Phi) is 6.66. The molecule has 2 aromatic heterocycles. The molecule has 0 unspecified atom stereocenters. The third-order valence-corrected chi connectivity index (χ3v) is 8.79. The Morgan fingerprint density at radius 2 is 1.71 bits per heavy atom. The summed E-state index contributed by atoms with van der Waals surface area (Å²) >= 11 is 1.34. The van der Waals surface area contributed by atoms with Gasteiger partial charge in [0.1, 0.15) is 0 Å². The second-order valence-electron chi connectivity index (χ2n) is 8.47. The van der Waals surface area contributed by atoms with Crippen molar-refractivity contribution in [2.75, 3.05) is 24.2 Å². The summed E-state index contributed by atoms with van der Waals surface area (Å²) in [5, 5.41) is 12.2. The second-order valence-corrected chi connectivity index (χ2v) is 11.3. The number of amides is 1. The molecule has 2 aliphatic rings. The van der Waals surface area contributed by atoms with Crippen LogP contribution in [0, 0.1) is 0 Å². The molecule has 11 heteroatoms. The van der Waals surface area contributed by atoms with Crippen molar-refractivity contribution in [3.63, 3.8) is 0 Å². The van der Waals surface area contributed by atoms with Crippen LogP contribution in [-0.2, 0) is 14.8 Å². The third-order valence-electron chi connectivity index (χ3n) is 5.94. The quantitative estimate of drug-likeness (QED) is 0.473. The van der Waals surface area contributed by atoms with Gasteiger partial charge >= 0.3 is 0 Å². The van der Waals surface area contributed by atoms with Crippen LogP contribution in [0.1, 0.15) is 38.1 Å². The van der Waals surface area contributed by atoms with Gasteiger partial charge in [0.2, 0.25) is 15.9 Å². The number of aromatic nitrogens is 4. The lowest BCUT2D eigenvalue weighted by Crippen LogP contribution is -2.35. The SMILES string of the molecule is O=C(CSc1nnc(-c2ccncc2)n1C1CC1)Nc1ccc(S(=O)(=O)N2CCCCC2)cc1. The molecule has 1 aliphatic carbocycles. The molecule has 0 spiro atoms. The van der Waals surface area contributed by atoms with Crippen LogP contribution in [0.2, 0.25) is 0 Å². The fraction of sp³-hybridized carbons (Fsp3) is 0.391. The Labute approximate surface area is 203 Å². The molecule has 5 rings (SSSR count). The fourth-order valence-corrected chi connectivity index (χ4v) is 6.35. The zero-order valence-corrected chi connectivity index (χ0v) is 20.3. The van der Waals surface area contributed by atoms with E-state index >= 15 is 0 Å². The average molecular weight is 499 g/mol. The summed E-state index contributed by atoms with van der Waals surface area (Å²) < 4.78 is 29.2. The van der Waals surface area contributed by atoms with E-state index in [9.17, 15) is 13.2 Å². The smallest absolute Gasteiger partial charge is 0.243 e. The van der Waals surface area contributed by atoms with E-state index < -0.39 is 10.0 Å². The van der Waals surface area contributed by atoms with Crippen LogP contribution in [0.15, 0.2) is 58.8 Å². The standard InChI is InChI=1S/C23H26N6O3S2/c30-21(25-18-4-8-20(9-5-18)34(31,32)28-14-2-1-3-15-28)16-33-23-27-26-22(29(23)19-6-7-19)17-10-12-24-13-11-17/h4-5,8-13,19H,1-3,6-7,14-16H2,(H,25,30). The van der Waals surface area contributed by atoms with E-state index in [1.165, 1.54) is 16.1 Å². The number of pyridine rings is 1. The maximum atomic E-state index is 12.8. The summed E-state index contributed by atoms with van der Waals surface area (Å²) in [6.07, 6.45) is 8.45. The normalized spacial score (nSPS) is 16.9. The van der Waals surface area contributed by atoms with E-state index in [1.807, 2.05) is 12.1 Å². The van der Waals surface area contributed by atoms with Gasteiger partial charge in [0.15, 0.2) is 11.0 Å². The monoisotopic (exact) mass is 498 g/mol. The molecule has 3 aromatic rings. The van der Waals surface area contributed by atoms with Crippen LogP contribution >= 0.6 is 11.8 Å². The maximum Gasteiger partial charge on any atom is 0.243 e. The van der Waals surface area contributed by atoms with Crippen LogP contribution in [0.25, 0.3) is 11.4 Å². The molecule has 2 fully saturated rings. The van der Waals surface area contributed by atoms with Crippen LogP contribution in [0.4, 0.5) is 5.69 Å². The van der Waals surface area contributed by atoms with Gasteiger partial charge in [-0.3, -0.25) is 14.3 Å². The van der Waals surface area contributed by atoms with Gasteiger partial charge in [-0.05, 0) is 62.1 Å². The van der Waals surface area contributed by atoms with Gasteiger partial charge in [0, 0.05) is 42.8 Å². The van der Waals surface area contributed by atoms with E-state index in [1.54, 1.807) is 36.7 Å². The number of rotatable bonds is 8. The van der Waals surface area contributed by atoms with Crippen molar-refractivity contribution in [2.45, 2.75) is 48.2 Å². The molecule has 1 saturated carbocycles. The largest absolute Gasteiger partial charge is 0.325 e. The highest BCUT2D eigenvalue weighted by molar-refractivity contribution is 7.99. The molecule has 0 bridgehead atoms. The van der Waals surface area contributed by atoms with Crippen molar-refractivity contribution < 1.29 is 13.2 Å². The number of carbonyl (C=O) groups is 1. The van der Waals surface area contributed by atoms with Gasteiger partial charge in [0.05, 0.1) is 10.6 Å². The van der Waals surface area contributed by atoms with Crippen LogP contribution in [0.3, 0.4) is 0 Å². The summed E-state index contributed by atoms with van der Waals surface area (Å²) in [6, 6.07) is 10.5. The lowest BCUT2D eigenvalue weighted by molar-refractivity contribution is -0.113. The summed E-state index contributed by atoms with van der Waals surface area (Å²) in [6.45, 7) is 1.12. The van der Waals surface area contributed by atoms with Crippen molar-refractivity contribution in [1.29, 1.82) is 0 Å². The highest BCUT2D eigenvalue weighted by Gasteiger charge is 2.30. The molecule has 34 heavy (non-hydrogen) atoms. The van der Waals surface area contributed by atoms with Crippen molar-refractivity contribution in [1.82, 2.24) is 24.1 Å². The molecule has 1 amide bonds. The Bertz CT molecular complexity index is 1250. The first-order valence-electron chi connectivity index (χ1n) is 11.4. The average Bonchev–Trinajstić information content (AvgIpc) is 3.62. The number of nitrogens with one attached hydrogen (secondary N) is 1. The molecule has 9 nitrogen and oxygen atoms in total. The Morgan fingerprint density at radius 1 is 1.00 bits per heavy atom. The number of nitrogens with zero attached hydrogens (tertiary/aromatic N) is 5. The number of piperidine rings is 1. The first-order valence-corrected chi connectivity index (χ1v) is 13.8. The van der Waals surface area contributed by atoms with Gasteiger partial charge in [-0.1, -0.05) is 18.2 Å². The predicted molar refractivity (Wildman–Crippen MR) is 130 cm³/mol. The molecular formula is C23H26N6O3S2. The minimum Gasteiger partial charge on any atom is -0.325 e. The van der Waals surface area contributed by atoms with Crippen LogP contribution in [0.5, 0.6) is 0 Å². The number of carbonyl (C=O) groups excluding carboxylic acids is 1.